The third-order valence-corrected chi connectivity index (χ3v) is 6.94. The van der Waals surface area contributed by atoms with E-state index in [4.69, 9.17) is 0 Å². The topological polar surface area (TPSA) is 95.6 Å². The first-order valence-electron chi connectivity index (χ1n) is 8.99. The predicted octanol–water partition coefficient (Wildman–Crippen LogP) is 2.03. The molecule has 2 N–H and O–H groups in total. The quantitative estimate of drug-likeness (QED) is 0.715. The first kappa shape index (κ1) is 20.5. The molecule has 1 aliphatic heterocycles. The molecule has 1 atom stereocenters. The van der Waals surface area contributed by atoms with E-state index in [1.807, 2.05) is 24.4 Å². The van der Waals surface area contributed by atoms with Crippen molar-refractivity contribution in [2.45, 2.75) is 44.2 Å². The molecular formula is C19H23N3O4S2. The fourth-order valence-corrected chi connectivity index (χ4v) is 5.05. The Morgan fingerprint density at radius 1 is 1.29 bits per heavy atom. The lowest BCUT2D eigenvalue weighted by Crippen LogP contribution is -2.33. The molecule has 0 aliphatic carbocycles. The number of anilines is 1. The van der Waals surface area contributed by atoms with Crippen LogP contribution < -0.4 is 14.9 Å². The zero-order valence-corrected chi connectivity index (χ0v) is 17.4. The van der Waals surface area contributed by atoms with Crippen molar-refractivity contribution in [3.8, 4) is 0 Å². The molecule has 0 radical (unpaired) electrons. The number of thiophene rings is 1. The zero-order valence-electron chi connectivity index (χ0n) is 15.8. The van der Waals surface area contributed by atoms with Crippen molar-refractivity contribution < 1.29 is 18.0 Å². The molecule has 150 valence electrons. The molecule has 1 aliphatic rings. The number of fused-ring (bicyclic) bond motifs is 1. The molecule has 1 aromatic carbocycles. The molecule has 0 fully saturated rings. The number of benzene rings is 1. The standard InChI is InChI=1S/C19H23N3O4S2/c1-13-10-15-11-17(5-6-18(15)22(13)14(2)23)28(25,26)21-8-7-19(24)20-12-16-4-3-9-27-16/h3-6,9,11,13,21H,7-8,10,12H2,1-2H3,(H,20,24). The zero-order chi connectivity index (χ0) is 20.3. The average molecular weight is 422 g/mol. The van der Waals surface area contributed by atoms with Gasteiger partial charge in [0.1, 0.15) is 0 Å². The molecule has 3 rings (SSSR count). The van der Waals surface area contributed by atoms with Gasteiger partial charge in [-0.05, 0) is 48.6 Å². The molecule has 0 spiro atoms. The van der Waals surface area contributed by atoms with Crippen LogP contribution >= 0.6 is 11.3 Å². The monoisotopic (exact) mass is 421 g/mol. The van der Waals surface area contributed by atoms with Gasteiger partial charge in [-0.25, -0.2) is 13.1 Å². The van der Waals surface area contributed by atoms with Gasteiger partial charge in [-0.1, -0.05) is 6.07 Å². The van der Waals surface area contributed by atoms with Crippen molar-refractivity contribution in [3.05, 3.63) is 46.2 Å². The van der Waals surface area contributed by atoms with Gasteiger partial charge >= 0.3 is 0 Å². The van der Waals surface area contributed by atoms with Crippen molar-refractivity contribution in [2.24, 2.45) is 0 Å². The van der Waals surface area contributed by atoms with E-state index in [2.05, 4.69) is 10.0 Å². The Kier molecular flexibility index (Phi) is 6.17. The Hall–Kier alpha value is -2.23. The molecular weight excluding hydrogens is 398 g/mol. The lowest BCUT2D eigenvalue weighted by molar-refractivity contribution is -0.121. The highest BCUT2D eigenvalue weighted by Gasteiger charge is 2.30. The van der Waals surface area contributed by atoms with E-state index in [-0.39, 0.29) is 35.7 Å². The van der Waals surface area contributed by atoms with E-state index in [1.54, 1.807) is 28.4 Å². The normalized spacial score (nSPS) is 16.1. The van der Waals surface area contributed by atoms with Gasteiger partial charge in [0.15, 0.2) is 0 Å². The number of sulfonamides is 1. The van der Waals surface area contributed by atoms with Gasteiger partial charge in [0.2, 0.25) is 21.8 Å². The summed E-state index contributed by atoms with van der Waals surface area (Å²) in [5, 5.41) is 4.70. The summed E-state index contributed by atoms with van der Waals surface area (Å²) < 4.78 is 27.5. The number of amides is 2. The molecule has 2 amide bonds. The fraction of sp³-hybridized carbons (Fsp3) is 0.368. The molecule has 0 bridgehead atoms. The highest BCUT2D eigenvalue weighted by Crippen LogP contribution is 2.33. The van der Waals surface area contributed by atoms with Crippen LogP contribution in [0.4, 0.5) is 5.69 Å². The lowest BCUT2D eigenvalue weighted by atomic mass is 10.1. The van der Waals surface area contributed by atoms with Crippen LogP contribution in [-0.4, -0.2) is 32.8 Å². The van der Waals surface area contributed by atoms with Crippen LogP contribution in [0.5, 0.6) is 0 Å². The SMILES string of the molecule is CC(=O)N1c2ccc(S(=O)(=O)NCCC(=O)NCc3cccs3)cc2CC1C. The van der Waals surface area contributed by atoms with Crippen LogP contribution in [-0.2, 0) is 32.6 Å². The van der Waals surface area contributed by atoms with E-state index in [0.29, 0.717) is 13.0 Å². The van der Waals surface area contributed by atoms with Crippen molar-refractivity contribution in [1.29, 1.82) is 0 Å². The summed E-state index contributed by atoms with van der Waals surface area (Å²) in [5.41, 5.74) is 1.59. The summed E-state index contributed by atoms with van der Waals surface area (Å²) in [6.45, 7) is 3.90. The number of carbonyl (C=O) groups excluding carboxylic acids is 2. The van der Waals surface area contributed by atoms with E-state index in [9.17, 15) is 18.0 Å². The minimum Gasteiger partial charge on any atom is -0.351 e. The van der Waals surface area contributed by atoms with Crippen LogP contribution in [0.1, 0.15) is 30.7 Å². The third-order valence-electron chi connectivity index (χ3n) is 4.60. The summed E-state index contributed by atoms with van der Waals surface area (Å²) >= 11 is 1.55. The van der Waals surface area contributed by atoms with E-state index < -0.39 is 10.0 Å². The Morgan fingerprint density at radius 2 is 2.07 bits per heavy atom. The van der Waals surface area contributed by atoms with Crippen LogP contribution in [0.2, 0.25) is 0 Å². The maximum atomic E-state index is 12.5. The van der Waals surface area contributed by atoms with E-state index in [1.165, 1.54) is 13.0 Å². The number of hydrogen-bond donors (Lipinski definition) is 2. The fourth-order valence-electron chi connectivity index (χ4n) is 3.32. The van der Waals surface area contributed by atoms with Gasteiger partial charge in [-0.15, -0.1) is 11.3 Å². The third kappa shape index (κ3) is 4.60. The second-order valence-electron chi connectivity index (χ2n) is 6.74. The van der Waals surface area contributed by atoms with Gasteiger partial charge in [0.25, 0.3) is 0 Å². The number of rotatable bonds is 7. The minimum absolute atomic E-state index is 0.00505. The molecule has 0 saturated heterocycles. The largest absolute Gasteiger partial charge is 0.351 e. The smallest absolute Gasteiger partial charge is 0.240 e. The highest BCUT2D eigenvalue weighted by atomic mass is 32.2. The van der Waals surface area contributed by atoms with Crippen molar-refractivity contribution in [2.75, 3.05) is 11.4 Å². The van der Waals surface area contributed by atoms with Crippen molar-refractivity contribution >= 4 is 38.9 Å². The number of carbonyl (C=O) groups is 2. The molecule has 2 heterocycles. The second kappa shape index (κ2) is 8.42. The summed E-state index contributed by atoms with van der Waals surface area (Å²) in [5.74, 6) is -0.274. The number of hydrogen-bond acceptors (Lipinski definition) is 5. The average Bonchev–Trinajstić information content (AvgIpc) is 3.25. The van der Waals surface area contributed by atoms with Crippen LogP contribution in [0.3, 0.4) is 0 Å². The lowest BCUT2D eigenvalue weighted by Gasteiger charge is -2.20. The summed E-state index contributed by atoms with van der Waals surface area (Å²) in [4.78, 5) is 26.5. The van der Waals surface area contributed by atoms with Crippen LogP contribution in [0, 0.1) is 0 Å². The highest BCUT2D eigenvalue weighted by molar-refractivity contribution is 7.89. The first-order valence-corrected chi connectivity index (χ1v) is 11.4. The Morgan fingerprint density at radius 3 is 2.75 bits per heavy atom. The molecule has 0 saturated carbocycles. The number of nitrogens with zero attached hydrogens (tertiary/aromatic N) is 1. The predicted molar refractivity (Wildman–Crippen MR) is 109 cm³/mol. The first-order chi connectivity index (χ1) is 13.3. The van der Waals surface area contributed by atoms with Crippen LogP contribution in [0.15, 0.2) is 40.6 Å². The summed E-state index contributed by atoms with van der Waals surface area (Å²) in [6, 6.07) is 8.61. The molecule has 28 heavy (non-hydrogen) atoms. The molecule has 9 heteroatoms. The van der Waals surface area contributed by atoms with Gasteiger partial charge in [-0.3, -0.25) is 9.59 Å². The maximum absolute atomic E-state index is 12.5. The van der Waals surface area contributed by atoms with E-state index in [0.717, 1.165) is 16.1 Å². The molecule has 1 unspecified atom stereocenters. The van der Waals surface area contributed by atoms with Gasteiger partial charge < -0.3 is 10.2 Å². The molecule has 7 nitrogen and oxygen atoms in total. The molecule has 2 aromatic rings. The maximum Gasteiger partial charge on any atom is 0.240 e. The number of nitrogens with one attached hydrogen (secondary N) is 2. The van der Waals surface area contributed by atoms with Crippen LogP contribution in [0.25, 0.3) is 0 Å². The molecule has 1 aromatic heterocycles. The summed E-state index contributed by atoms with van der Waals surface area (Å²) in [6.07, 6.45) is 0.675. The second-order valence-corrected chi connectivity index (χ2v) is 9.54. The van der Waals surface area contributed by atoms with Gasteiger partial charge in [-0.2, -0.15) is 0 Å². The van der Waals surface area contributed by atoms with Crippen molar-refractivity contribution in [1.82, 2.24) is 10.0 Å². The minimum atomic E-state index is -3.72. The Bertz CT molecular complexity index is 971. The van der Waals surface area contributed by atoms with Crippen molar-refractivity contribution in [3.63, 3.8) is 0 Å². The van der Waals surface area contributed by atoms with Gasteiger partial charge in [0.05, 0.1) is 11.4 Å². The summed E-state index contributed by atoms with van der Waals surface area (Å²) in [7, 11) is -3.72. The van der Waals surface area contributed by atoms with Gasteiger partial charge in [0, 0.05) is 36.5 Å². The Balaban J connectivity index is 1.57. The van der Waals surface area contributed by atoms with E-state index >= 15 is 0 Å². The Labute approximate surface area is 168 Å².